The van der Waals surface area contributed by atoms with Crippen molar-refractivity contribution in [1.29, 1.82) is 0 Å². The zero-order chi connectivity index (χ0) is 11.3. The van der Waals surface area contributed by atoms with Crippen molar-refractivity contribution in [3.05, 3.63) is 24.3 Å². The summed E-state index contributed by atoms with van der Waals surface area (Å²) in [6.07, 6.45) is 9.37. The Balaban J connectivity index is 2.34. The van der Waals surface area contributed by atoms with Crippen LogP contribution in [0.2, 0.25) is 0 Å². The van der Waals surface area contributed by atoms with Crippen LogP contribution in [0.15, 0.2) is 24.3 Å². The molecular formula is C14H24O. The summed E-state index contributed by atoms with van der Waals surface area (Å²) in [5, 5.41) is 9.72. The smallest absolute Gasteiger partial charge is 0.0577 e. The molecule has 0 aromatic carbocycles. The zero-order valence-corrected chi connectivity index (χ0v) is 10.1. The van der Waals surface area contributed by atoms with Crippen LogP contribution in [0.1, 0.15) is 46.0 Å². The van der Waals surface area contributed by atoms with E-state index in [1.165, 1.54) is 24.8 Å². The summed E-state index contributed by atoms with van der Waals surface area (Å²) in [4.78, 5) is 0. The van der Waals surface area contributed by atoms with Gasteiger partial charge in [-0.3, -0.25) is 0 Å². The molecule has 1 nitrogen and oxygen atoms in total. The van der Waals surface area contributed by atoms with Gasteiger partial charge in [-0.1, -0.05) is 24.6 Å². The molecule has 3 atom stereocenters. The Labute approximate surface area is 93.9 Å². The van der Waals surface area contributed by atoms with Crippen molar-refractivity contribution in [2.75, 3.05) is 0 Å². The van der Waals surface area contributed by atoms with Crippen LogP contribution in [0.4, 0.5) is 0 Å². The molecule has 0 saturated heterocycles. The van der Waals surface area contributed by atoms with Gasteiger partial charge in [-0.05, 0) is 50.9 Å². The highest BCUT2D eigenvalue weighted by atomic mass is 16.3. The molecular weight excluding hydrogens is 184 g/mol. The largest absolute Gasteiger partial charge is 0.393 e. The van der Waals surface area contributed by atoms with Crippen molar-refractivity contribution in [3.63, 3.8) is 0 Å². The summed E-state index contributed by atoms with van der Waals surface area (Å²) in [5.74, 6) is 1.40. The molecule has 0 radical (unpaired) electrons. The molecule has 0 spiro atoms. The molecule has 1 heteroatoms. The van der Waals surface area contributed by atoms with Crippen LogP contribution in [-0.2, 0) is 0 Å². The van der Waals surface area contributed by atoms with Crippen molar-refractivity contribution < 1.29 is 5.11 Å². The van der Waals surface area contributed by atoms with E-state index in [1.807, 2.05) is 6.08 Å². The molecule has 1 aliphatic rings. The molecule has 0 bridgehead atoms. The summed E-state index contributed by atoms with van der Waals surface area (Å²) in [6.45, 7) is 8.15. The maximum absolute atomic E-state index is 9.72. The van der Waals surface area contributed by atoms with Crippen LogP contribution in [-0.4, -0.2) is 11.2 Å². The summed E-state index contributed by atoms with van der Waals surface area (Å²) in [5.41, 5.74) is 1.53. The summed E-state index contributed by atoms with van der Waals surface area (Å²) >= 11 is 0. The van der Waals surface area contributed by atoms with E-state index < -0.39 is 0 Å². The first-order valence-electron chi connectivity index (χ1n) is 6.08. The molecule has 0 amide bonds. The van der Waals surface area contributed by atoms with Crippen molar-refractivity contribution in [2.24, 2.45) is 11.8 Å². The highest BCUT2D eigenvalue weighted by Gasteiger charge is 2.21. The predicted molar refractivity (Wildman–Crippen MR) is 65.7 cm³/mol. The quantitative estimate of drug-likeness (QED) is 0.683. The van der Waals surface area contributed by atoms with Gasteiger partial charge in [0.25, 0.3) is 0 Å². The van der Waals surface area contributed by atoms with Gasteiger partial charge in [0.15, 0.2) is 0 Å². The Morgan fingerprint density at radius 1 is 1.67 bits per heavy atom. The first-order valence-corrected chi connectivity index (χ1v) is 6.08. The van der Waals surface area contributed by atoms with Gasteiger partial charge >= 0.3 is 0 Å². The second kappa shape index (κ2) is 6.12. The highest BCUT2D eigenvalue weighted by Crippen LogP contribution is 2.31. The Kier molecular flexibility index (Phi) is 5.10. The van der Waals surface area contributed by atoms with Crippen LogP contribution in [0.25, 0.3) is 0 Å². The molecule has 0 aromatic heterocycles. The lowest BCUT2D eigenvalue weighted by Gasteiger charge is -2.27. The van der Waals surface area contributed by atoms with Gasteiger partial charge in [-0.25, -0.2) is 0 Å². The van der Waals surface area contributed by atoms with E-state index in [0.29, 0.717) is 5.92 Å². The minimum Gasteiger partial charge on any atom is -0.393 e. The van der Waals surface area contributed by atoms with E-state index in [1.54, 1.807) is 0 Å². The van der Waals surface area contributed by atoms with Gasteiger partial charge in [0.05, 0.1) is 6.10 Å². The summed E-state index contributed by atoms with van der Waals surface area (Å²) in [7, 11) is 0. The molecule has 0 fully saturated rings. The van der Waals surface area contributed by atoms with Crippen molar-refractivity contribution in [3.8, 4) is 0 Å². The minimum atomic E-state index is -0.190. The molecule has 3 unspecified atom stereocenters. The van der Waals surface area contributed by atoms with Crippen LogP contribution in [0.5, 0.6) is 0 Å². The van der Waals surface area contributed by atoms with Crippen molar-refractivity contribution in [1.82, 2.24) is 0 Å². The standard InChI is InChI=1S/C14H24O/c1-4-5-14(15)10-12(3)13-8-6-11(2)7-9-13/h4,6,12-15H,1,5,7-10H2,2-3H3. The first kappa shape index (κ1) is 12.5. The van der Waals surface area contributed by atoms with E-state index in [4.69, 9.17) is 0 Å². The Morgan fingerprint density at radius 3 is 2.93 bits per heavy atom. The van der Waals surface area contributed by atoms with Crippen LogP contribution in [0.3, 0.4) is 0 Å². The molecule has 1 N–H and O–H groups in total. The van der Waals surface area contributed by atoms with E-state index in [0.717, 1.165) is 18.8 Å². The maximum atomic E-state index is 9.72. The monoisotopic (exact) mass is 208 g/mol. The third kappa shape index (κ3) is 4.21. The predicted octanol–water partition coefficient (Wildman–Crippen LogP) is 3.70. The molecule has 86 valence electrons. The van der Waals surface area contributed by atoms with E-state index in [2.05, 4.69) is 26.5 Å². The number of hydrogen-bond donors (Lipinski definition) is 1. The van der Waals surface area contributed by atoms with Gasteiger partial charge in [0, 0.05) is 0 Å². The molecule has 0 heterocycles. The van der Waals surface area contributed by atoms with Gasteiger partial charge in [-0.2, -0.15) is 0 Å². The number of aliphatic hydroxyl groups excluding tert-OH is 1. The minimum absolute atomic E-state index is 0.190. The fraction of sp³-hybridized carbons (Fsp3) is 0.714. The number of hydrogen-bond acceptors (Lipinski definition) is 1. The highest BCUT2D eigenvalue weighted by molar-refractivity contribution is 5.03. The second-order valence-electron chi connectivity index (χ2n) is 4.98. The molecule has 1 aliphatic carbocycles. The fourth-order valence-corrected chi connectivity index (χ4v) is 2.41. The maximum Gasteiger partial charge on any atom is 0.0577 e. The fourth-order valence-electron chi connectivity index (χ4n) is 2.41. The third-order valence-electron chi connectivity index (χ3n) is 3.57. The Hall–Kier alpha value is -0.560. The van der Waals surface area contributed by atoms with Gasteiger partial charge in [0.2, 0.25) is 0 Å². The molecule has 0 saturated carbocycles. The number of rotatable bonds is 5. The van der Waals surface area contributed by atoms with Gasteiger partial charge in [-0.15, -0.1) is 6.58 Å². The van der Waals surface area contributed by atoms with Crippen molar-refractivity contribution in [2.45, 2.75) is 52.1 Å². The van der Waals surface area contributed by atoms with Crippen molar-refractivity contribution >= 4 is 0 Å². The summed E-state index contributed by atoms with van der Waals surface area (Å²) in [6, 6.07) is 0. The zero-order valence-electron chi connectivity index (χ0n) is 10.1. The van der Waals surface area contributed by atoms with E-state index >= 15 is 0 Å². The Morgan fingerprint density at radius 2 is 2.40 bits per heavy atom. The topological polar surface area (TPSA) is 20.2 Å². The number of aliphatic hydroxyl groups is 1. The SMILES string of the molecule is C=CCC(O)CC(C)C1CC=C(C)CC1. The van der Waals surface area contributed by atoms with E-state index in [-0.39, 0.29) is 6.10 Å². The van der Waals surface area contributed by atoms with Crippen LogP contribution in [0, 0.1) is 11.8 Å². The first-order chi connectivity index (χ1) is 7.13. The molecule has 1 rings (SSSR count). The lowest BCUT2D eigenvalue weighted by atomic mass is 9.79. The van der Waals surface area contributed by atoms with Gasteiger partial charge < -0.3 is 5.11 Å². The van der Waals surface area contributed by atoms with E-state index in [9.17, 15) is 5.11 Å². The lowest BCUT2D eigenvalue weighted by Crippen LogP contribution is -2.19. The normalized spacial score (nSPS) is 25.5. The molecule has 0 aromatic rings. The van der Waals surface area contributed by atoms with Crippen LogP contribution < -0.4 is 0 Å². The van der Waals surface area contributed by atoms with Gasteiger partial charge in [0.1, 0.15) is 0 Å². The van der Waals surface area contributed by atoms with Crippen LogP contribution >= 0.6 is 0 Å². The Bertz CT molecular complexity index is 229. The average molecular weight is 208 g/mol. The third-order valence-corrected chi connectivity index (χ3v) is 3.57. The average Bonchev–Trinajstić information content (AvgIpc) is 2.18. The molecule has 0 aliphatic heterocycles. The number of allylic oxidation sites excluding steroid dienone is 2. The second-order valence-corrected chi connectivity index (χ2v) is 4.98. The summed E-state index contributed by atoms with van der Waals surface area (Å²) < 4.78 is 0. The lowest BCUT2D eigenvalue weighted by molar-refractivity contribution is 0.129. The molecule has 15 heavy (non-hydrogen) atoms.